The SMILES string of the molecule is CC[C@@H](C)[C@@H](NC(N)=O)C(=O)Nc1ccc(NC(=O)C2CC2)nc1. The molecule has 0 aliphatic heterocycles. The number of aromatic nitrogens is 1. The lowest BCUT2D eigenvalue weighted by atomic mass is 9.98. The summed E-state index contributed by atoms with van der Waals surface area (Å²) in [5, 5.41) is 7.88. The third-order valence-electron chi connectivity index (χ3n) is 4.02. The quantitative estimate of drug-likeness (QED) is 0.602. The predicted octanol–water partition coefficient (Wildman–Crippen LogP) is 1.45. The minimum absolute atomic E-state index is 0.0261. The van der Waals surface area contributed by atoms with Gasteiger partial charge in [0.25, 0.3) is 0 Å². The first-order valence-electron chi connectivity index (χ1n) is 8.04. The monoisotopic (exact) mass is 333 g/mol. The van der Waals surface area contributed by atoms with Crippen LogP contribution in [0.2, 0.25) is 0 Å². The molecular formula is C16H23N5O3. The van der Waals surface area contributed by atoms with E-state index < -0.39 is 12.1 Å². The van der Waals surface area contributed by atoms with Crippen LogP contribution < -0.4 is 21.7 Å². The second-order valence-electron chi connectivity index (χ2n) is 6.06. The molecule has 1 aromatic rings. The normalized spacial score (nSPS) is 15.9. The number of urea groups is 1. The van der Waals surface area contributed by atoms with Gasteiger partial charge >= 0.3 is 6.03 Å². The Kier molecular flexibility index (Phi) is 5.73. The number of primary amides is 1. The maximum absolute atomic E-state index is 12.3. The zero-order chi connectivity index (χ0) is 17.7. The summed E-state index contributed by atoms with van der Waals surface area (Å²) in [6.45, 7) is 3.78. The van der Waals surface area contributed by atoms with Crippen molar-refractivity contribution in [2.24, 2.45) is 17.6 Å². The summed E-state index contributed by atoms with van der Waals surface area (Å²) in [5.41, 5.74) is 5.61. The molecular weight excluding hydrogens is 310 g/mol. The largest absolute Gasteiger partial charge is 0.352 e. The van der Waals surface area contributed by atoms with E-state index in [0.717, 1.165) is 12.8 Å². The van der Waals surface area contributed by atoms with Crippen molar-refractivity contribution in [2.45, 2.75) is 39.2 Å². The number of pyridine rings is 1. The first-order chi connectivity index (χ1) is 11.4. The van der Waals surface area contributed by atoms with E-state index in [9.17, 15) is 14.4 Å². The van der Waals surface area contributed by atoms with Gasteiger partial charge in [-0.3, -0.25) is 9.59 Å². The van der Waals surface area contributed by atoms with Crippen LogP contribution in [0.25, 0.3) is 0 Å². The number of nitrogens with two attached hydrogens (primary N) is 1. The minimum atomic E-state index is -0.744. The van der Waals surface area contributed by atoms with E-state index in [4.69, 9.17) is 5.73 Å². The highest BCUT2D eigenvalue weighted by atomic mass is 16.2. The lowest BCUT2D eigenvalue weighted by Crippen LogP contribution is -2.49. The maximum atomic E-state index is 12.3. The molecule has 1 heterocycles. The number of rotatable bonds is 7. The Balaban J connectivity index is 1.96. The lowest BCUT2D eigenvalue weighted by molar-refractivity contribution is -0.119. The number of nitrogens with one attached hydrogen (secondary N) is 3. The third kappa shape index (κ3) is 4.94. The van der Waals surface area contributed by atoms with Crippen molar-refractivity contribution < 1.29 is 14.4 Å². The average molecular weight is 333 g/mol. The highest BCUT2D eigenvalue weighted by molar-refractivity contribution is 5.97. The second kappa shape index (κ2) is 7.76. The summed E-state index contributed by atoms with van der Waals surface area (Å²) in [7, 11) is 0. The molecule has 1 aliphatic rings. The zero-order valence-electron chi connectivity index (χ0n) is 13.8. The van der Waals surface area contributed by atoms with Crippen LogP contribution in [0.15, 0.2) is 18.3 Å². The summed E-state index contributed by atoms with van der Waals surface area (Å²) in [6.07, 6.45) is 4.01. The van der Waals surface area contributed by atoms with E-state index in [1.54, 1.807) is 12.1 Å². The molecule has 5 N–H and O–H groups in total. The van der Waals surface area contributed by atoms with E-state index >= 15 is 0 Å². The summed E-state index contributed by atoms with van der Waals surface area (Å²) < 4.78 is 0. The molecule has 2 atom stereocenters. The fourth-order valence-electron chi connectivity index (χ4n) is 2.19. The highest BCUT2D eigenvalue weighted by Crippen LogP contribution is 2.29. The lowest BCUT2D eigenvalue weighted by Gasteiger charge is -2.22. The van der Waals surface area contributed by atoms with Crippen LogP contribution in [0, 0.1) is 11.8 Å². The van der Waals surface area contributed by atoms with Crippen LogP contribution in [0.3, 0.4) is 0 Å². The van der Waals surface area contributed by atoms with Crippen LogP contribution >= 0.6 is 0 Å². The fraction of sp³-hybridized carbons (Fsp3) is 0.500. The molecule has 0 saturated heterocycles. The van der Waals surface area contributed by atoms with E-state index in [1.165, 1.54) is 6.20 Å². The van der Waals surface area contributed by atoms with Crippen molar-refractivity contribution in [2.75, 3.05) is 10.6 Å². The summed E-state index contributed by atoms with van der Waals surface area (Å²) in [5.74, 6) is 0.0880. The predicted molar refractivity (Wildman–Crippen MR) is 90.2 cm³/mol. The van der Waals surface area contributed by atoms with Crippen molar-refractivity contribution in [1.29, 1.82) is 0 Å². The second-order valence-corrected chi connectivity index (χ2v) is 6.06. The van der Waals surface area contributed by atoms with Gasteiger partial charge in [0.1, 0.15) is 11.9 Å². The van der Waals surface area contributed by atoms with Crippen LogP contribution in [0.4, 0.5) is 16.3 Å². The topological polar surface area (TPSA) is 126 Å². The molecule has 1 aromatic heterocycles. The van der Waals surface area contributed by atoms with Crippen molar-refractivity contribution >= 4 is 29.4 Å². The first-order valence-corrected chi connectivity index (χ1v) is 8.04. The zero-order valence-corrected chi connectivity index (χ0v) is 13.8. The highest BCUT2D eigenvalue weighted by Gasteiger charge is 2.29. The Morgan fingerprint density at radius 3 is 2.50 bits per heavy atom. The van der Waals surface area contributed by atoms with Crippen molar-refractivity contribution in [1.82, 2.24) is 10.3 Å². The van der Waals surface area contributed by atoms with Crippen molar-refractivity contribution in [3.8, 4) is 0 Å². The first kappa shape index (κ1) is 17.7. The van der Waals surface area contributed by atoms with Gasteiger partial charge in [-0.1, -0.05) is 20.3 Å². The number of carbonyl (C=O) groups is 3. The smallest absolute Gasteiger partial charge is 0.312 e. The van der Waals surface area contributed by atoms with Crippen LogP contribution in [-0.2, 0) is 9.59 Å². The summed E-state index contributed by atoms with van der Waals surface area (Å²) >= 11 is 0. The number of anilines is 2. The molecule has 0 aromatic carbocycles. The van der Waals surface area contributed by atoms with Gasteiger partial charge in [-0.15, -0.1) is 0 Å². The van der Waals surface area contributed by atoms with Gasteiger partial charge in [0.05, 0.1) is 11.9 Å². The molecule has 0 bridgehead atoms. The third-order valence-corrected chi connectivity index (χ3v) is 4.02. The molecule has 2 rings (SSSR count). The molecule has 0 unspecified atom stereocenters. The summed E-state index contributed by atoms with van der Waals surface area (Å²) in [6, 6.07) is 1.80. The molecule has 4 amide bonds. The Morgan fingerprint density at radius 1 is 1.29 bits per heavy atom. The van der Waals surface area contributed by atoms with Crippen LogP contribution in [-0.4, -0.2) is 28.9 Å². The van der Waals surface area contributed by atoms with Crippen molar-refractivity contribution in [3.05, 3.63) is 18.3 Å². The standard InChI is InChI=1S/C16H23N5O3/c1-3-9(2)13(21-16(17)24)15(23)19-11-6-7-12(18-8-11)20-14(22)10-4-5-10/h6-10,13H,3-5H2,1-2H3,(H,19,23)(H3,17,21,24)(H,18,20,22)/t9-,13-/m1/s1. The Hall–Kier alpha value is -2.64. The Bertz CT molecular complexity index is 613. The van der Waals surface area contributed by atoms with Gasteiger partial charge in [0.2, 0.25) is 11.8 Å². The molecule has 0 radical (unpaired) electrons. The molecule has 0 spiro atoms. The van der Waals surface area contributed by atoms with Crippen LogP contribution in [0.5, 0.6) is 0 Å². The number of amides is 4. The van der Waals surface area contributed by atoms with Gasteiger partial charge < -0.3 is 21.7 Å². The van der Waals surface area contributed by atoms with Gasteiger partial charge in [0, 0.05) is 5.92 Å². The van der Waals surface area contributed by atoms with E-state index in [2.05, 4.69) is 20.9 Å². The van der Waals surface area contributed by atoms with Crippen LogP contribution in [0.1, 0.15) is 33.1 Å². The fourth-order valence-corrected chi connectivity index (χ4v) is 2.19. The van der Waals surface area contributed by atoms with Gasteiger partial charge in [-0.25, -0.2) is 9.78 Å². The van der Waals surface area contributed by atoms with E-state index in [1.807, 2.05) is 13.8 Å². The number of hydrogen-bond donors (Lipinski definition) is 4. The molecule has 130 valence electrons. The number of nitrogens with zero attached hydrogens (tertiary/aromatic N) is 1. The van der Waals surface area contributed by atoms with E-state index in [0.29, 0.717) is 17.9 Å². The Morgan fingerprint density at radius 2 is 2.00 bits per heavy atom. The maximum Gasteiger partial charge on any atom is 0.312 e. The van der Waals surface area contributed by atoms with E-state index in [-0.39, 0.29) is 23.7 Å². The molecule has 8 nitrogen and oxygen atoms in total. The number of hydrogen-bond acceptors (Lipinski definition) is 4. The average Bonchev–Trinajstić information content (AvgIpc) is 3.38. The molecule has 1 saturated carbocycles. The molecule has 8 heteroatoms. The van der Waals surface area contributed by atoms with Gasteiger partial charge in [0.15, 0.2) is 0 Å². The molecule has 1 fully saturated rings. The molecule has 24 heavy (non-hydrogen) atoms. The van der Waals surface area contributed by atoms with Gasteiger partial charge in [-0.05, 0) is 30.9 Å². The van der Waals surface area contributed by atoms with Gasteiger partial charge in [-0.2, -0.15) is 0 Å². The Labute approximate surface area is 140 Å². The minimum Gasteiger partial charge on any atom is -0.352 e. The van der Waals surface area contributed by atoms with Crippen molar-refractivity contribution in [3.63, 3.8) is 0 Å². The molecule has 1 aliphatic carbocycles. The number of carbonyl (C=O) groups excluding carboxylic acids is 3. The summed E-state index contributed by atoms with van der Waals surface area (Å²) in [4.78, 5) is 39.2.